The zero-order chi connectivity index (χ0) is 9.84. The third kappa shape index (κ3) is 2.82. The second kappa shape index (κ2) is 4.78. The van der Waals surface area contributed by atoms with Gasteiger partial charge in [0, 0.05) is 0 Å². The van der Waals surface area contributed by atoms with Gasteiger partial charge in [0.2, 0.25) is 0 Å². The first-order valence-corrected chi connectivity index (χ1v) is 5.62. The number of carbonyl (C=O) groups is 1. The summed E-state index contributed by atoms with van der Waals surface area (Å²) in [6, 6.07) is 0. The zero-order valence-electron chi connectivity index (χ0n) is 7.79. The van der Waals surface area contributed by atoms with Crippen LogP contribution in [0, 0.1) is 0 Å². The van der Waals surface area contributed by atoms with E-state index >= 15 is 0 Å². The first-order valence-electron chi connectivity index (χ1n) is 4.15. The fraction of sp³-hybridized carbons (Fsp3) is 0.400. The van der Waals surface area contributed by atoms with Gasteiger partial charge in [0.25, 0.3) is 0 Å². The summed E-state index contributed by atoms with van der Waals surface area (Å²) in [7, 11) is 1.67. The van der Waals surface area contributed by atoms with Crippen molar-refractivity contribution in [1.29, 1.82) is 0 Å². The molecule has 1 aliphatic rings. The van der Waals surface area contributed by atoms with Crippen molar-refractivity contribution in [1.82, 2.24) is 0 Å². The molecule has 2 nitrogen and oxygen atoms in total. The molecule has 13 heavy (non-hydrogen) atoms. The Labute approximate surface area is 89.1 Å². The van der Waals surface area contributed by atoms with E-state index < -0.39 is 0 Å². The Bertz CT molecular complexity index is 300. The first kappa shape index (κ1) is 10.7. The van der Waals surface area contributed by atoms with Gasteiger partial charge in [-0.2, -0.15) is 0 Å². The molecule has 0 aromatic rings. The van der Waals surface area contributed by atoms with Crippen LogP contribution in [0.5, 0.6) is 0 Å². The van der Waals surface area contributed by atoms with Crippen molar-refractivity contribution in [3.8, 4) is 0 Å². The summed E-state index contributed by atoms with van der Waals surface area (Å²) >= 11 is 1.30. The van der Waals surface area contributed by atoms with Gasteiger partial charge in [0.05, 0.1) is 0 Å². The molecule has 0 saturated carbocycles. The number of ether oxygens (including phenoxy) is 1. The summed E-state index contributed by atoms with van der Waals surface area (Å²) in [5.41, 5.74) is 1.99. The number of rotatable bonds is 3. The third-order valence-corrected chi connectivity index (χ3v) is 3.43. The number of carbonyl (C=O) groups excluding carboxylic acids is 1. The van der Waals surface area contributed by atoms with E-state index in [0.717, 1.165) is 28.1 Å². The Morgan fingerprint density at radius 1 is 1.62 bits per heavy atom. The van der Waals surface area contributed by atoms with E-state index in [9.17, 15) is 4.79 Å². The van der Waals surface area contributed by atoms with Gasteiger partial charge in [0.15, 0.2) is 0 Å². The van der Waals surface area contributed by atoms with Crippen LogP contribution in [0.25, 0.3) is 0 Å². The fourth-order valence-electron chi connectivity index (χ4n) is 1.24. The molecule has 0 aromatic carbocycles. The zero-order valence-corrected chi connectivity index (χ0v) is 10.7. The van der Waals surface area contributed by atoms with Gasteiger partial charge in [-0.3, -0.25) is 0 Å². The molecular weight excluding hydrogens is 336 g/mol. The first-order chi connectivity index (χ1) is 6.15. The van der Waals surface area contributed by atoms with E-state index in [1.807, 2.05) is 6.08 Å². The molecule has 0 fully saturated rings. The average molecular weight is 348 g/mol. The molecule has 0 unspecified atom stereocenters. The minimum atomic E-state index is 0.171. The molecule has 70 valence electrons. The standard InChI is InChI=1S/C10H12O2.W/c1-8(11)10-5-3-4-9(6-10)7-12-2;/h4,6H,3,5H2,1-2H3;. The normalized spacial score (nSPS) is 16.2. The number of hydrogen-bond donors (Lipinski definition) is 0. The Morgan fingerprint density at radius 2 is 2.31 bits per heavy atom. The van der Waals surface area contributed by atoms with E-state index in [2.05, 4.69) is 6.08 Å². The molecule has 0 aliphatic heterocycles. The molecule has 1 aliphatic carbocycles. The van der Waals surface area contributed by atoms with E-state index in [1.54, 1.807) is 14.0 Å². The van der Waals surface area contributed by atoms with E-state index in [4.69, 9.17) is 4.74 Å². The summed E-state index contributed by atoms with van der Waals surface area (Å²) in [5.74, 6) is 0.171. The van der Waals surface area contributed by atoms with Crippen LogP contribution in [0.4, 0.5) is 0 Å². The number of allylic oxidation sites excluding steroid dienone is 2. The number of hydrogen-bond acceptors (Lipinski definition) is 2. The molecule has 0 radical (unpaired) electrons. The SMILES string of the molecule is CO[C](=[W])C1=CCCC(C(C)=O)=C1. The average Bonchev–Trinajstić information content (AvgIpc) is 2.17. The van der Waals surface area contributed by atoms with Crippen molar-refractivity contribution in [2.75, 3.05) is 7.11 Å². The topological polar surface area (TPSA) is 26.3 Å². The second-order valence-electron chi connectivity index (χ2n) is 2.92. The molecular formula is C10H12O2W. The van der Waals surface area contributed by atoms with Crippen molar-refractivity contribution in [2.45, 2.75) is 19.8 Å². The van der Waals surface area contributed by atoms with Crippen LogP contribution in [0.3, 0.4) is 0 Å². The van der Waals surface area contributed by atoms with Crippen LogP contribution in [0.1, 0.15) is 19.8 Å². The van der Waals surface area contributed by atoms with Gasteiger partial charge < -0.3 is 0 Å². The monoisotopic (exact) mass is 348 g/mol. The molecule has 0 saturated heterocycles. The van der Waals surface area contributed by atoms with E-state index in [1.165, 1.54) is 19.4 Å². The van der Waals surface area contributed by atoms with Gasteiger partial charge in [0.1, 0.15) is 0 Å². The predicted molar refractivity (Wildman–Crippen MR) is 48.1 cm³/mol. The Kier molecular flexibility index (Phi) is 3.95. The summed E-state index contributed by atoms with van der Waals surface area (Å²) in [6.07, 6.45) is 5.88. The quantitative estimate of drug-likeness (QED) is 0.774. The van der Waals surface area contributed by atoms with Crippen LogP contribution in [0.15, 0.2) is 23.3 Å². The van der Waals surface area contributed by atoms with Gasteiger partial charge >= 0.3 is 88.9 Å². The Morgan fingerprint density at radius 3 is 2.85 bits per heavy atom. The molecule has 0 heterocycles. The number of Topliss-reactive ketones (excluding diaryl/α,β-unsaturated/α-hetero) is 1. The van der Waals surface area contributed by atoms with Crippen molar-refractivity contribution >= 4 is 9.87 Å². The van der Waals surface area contributed by atoms with Gasteiger partial charge in [-0.05, 0) is 0 Å². The maximum absolute atomic E-state index is 11.1. The second-order valence-corrected chi connectivity index (χ2v) is 4.25. The molecule has 3 heteroatoms. The van der Waals surface area contributed by atoms with Crippen LogP contribution in [0.2, 0.25) is 0 Å². The van der Waals surface area contributed by atoms with Crippen LogP contribution >= 0.6 is 0 Å². The molecule has 0 spiro atoms. The van der Waals surface area contributed by atoms with Gasteiger partial charge in [-0.25, -0.2) is 0 Å². The summed E-state index contributed by atoms with van der Waals surface area (Å²) in [5, 5.41) is 0. The molecule has 0 N–H and O–H groups in total. The summed E-state index contributed by atoms with van der Waals surface area (Å²) in [6.45, 7) is 1.61. The Balaban J connectivity index is 2.84. The molecule has 0 amide bonds. The van der Waals surface area contributed by atoms with Crippen molar-refractivity contribution in [3.63, 3.8) is 0 Å². The van der Waals surface area contributed by atoms with Crippen LogP contribution in [-0.2, 0) is 28.9 Å². The van der Waals surface area contributed by atoms with Gasteiger partial charge in [-0.1, -0.05) is 0 Å². The minimum absolute atomic E-state index is 0.171. The van der Waals surface area contributed by atoms with E-state index in [-0.39, 0.29) is 5.78 Å². The number of ketones is 1. The van der Waals surface area contributed by atoms with Crippen molar-refractivity contribution in [3.05, 3.63) is 23.3 Å². The van der Waals surface area contributed by atoms with Gasteiger partial charge in [-0.15, -0.1) is 0 Å². The fourth-order valence-corrected chi connectivity index (χ4v) is 1.75. The van der Waals surface area contributed by atoms with Crippen molar-refractivity contribution < 1.29 is 28.9 Å². The Hall–Kier alpha value is -0.332. The predicted octanol–water partition coefficient (Wildman–Crippen LogP) is 1.55. The maximum atomic E-state index is 11.1. The molecule has 1 rings (SSSR count). The van der Waals surface area contributed by atoms with Crippen LogP contribution in [-0.4, -0.2) is 17.0 Å². The van der Waals surface area contributed by atoms with Crippen molar-refractivity contribution in [2.24, 2.45) is 0 Å². The number of methoxy groups -OCH3 is 1. The molecule has 0 atom stereocenters. The van der Waals surface area contributed by atoms with E-state index in [0.29, 0.717) is 0 Å². The molecule has 0 aromatic heterocycles. The third-order valence-electron chi connectivity index (χ3n) is 1.98. The van der Waals surface area contributed by atoms with Crippen LogP contribution < -0.4 is 0 Å². The molecule has 0 bridgehead atoms. The summed E-state index contributed by atoms with van der Waals surface area (Å²) in [4.78, 5) is 11.1. The summed E-state index contributed by atoms with van der Waals surface area (Å²) < 4.78 is 6.10.